The molecule has 2 heterocycles. The number of aromatic nitrogens is 1. The Balaban J connectivity index is 1.41. The van der Waals surface area contributed by atoms with Gasteiger partial charge >= 0.3 is 18.3 Å². The Bertz CT molecular complexity index is 1760. The van der Waals surface area contributed by atoms with Crippen LogP contribution in [0.1, 0.15) is 52.7 Å². The Kier molecular flexibility index (Phi) is 10.2. The first-order valence-corrected chi connectivity index (χ1v) is 16.5. The molecular weight excluding hydrogens is 637 g/mol. The van der Waals surface area contributed by atoms with E-state index in [0.29, 0.717) is 5.56 Å². The number of thiazole rings is 1. The zero-order valence-electron chi connectivity index (χ0n) is 27.8. The number of carbonyl (C=O) groups excluding carboxylic acids is 3. The largest absolute Gasteiger partial charge is 0.509 e. The van der Waals surface area contributed by atoms with Crippen molar-refractivity contribution in [3.05, 3.63) is 89.2 Å². The highest BCUT2D eigenvalue weighted by Gasteiger charge is 2.50. The second-order valence-electron chi connectivity index (χ2n) is 13.6. The number of amides is 2. The van der Waals surface area contributed by atoms with Gasteiger partial charge in [-0.2, -0.15) is 0 Å². The lowest BCUT2D eigenvalue weighted by molar-refractivity contribution is -0.0518. The molecule has 12 heteroatoms. The number of ether oxygens (including phenoxy) is 4. The SMILES string of the molecule is CC(C)(C)OC(=O)O[C@H]1CN(C(=O)OC(C)(C)C)[C@H](Cc2ccc(-c3ccc4ncsc4c3)cc2)[C@@H]1OC(=O)NCc1cccc(F)c1. The van der Waals surface area contributed by atoms with Crippen LogP contribution in [0, 0.1) is 5.82 Å². The minimum absolute atomic E-state index is 0.00383. The van der Waals surface area contributed by atoms with Gasteiger partial charge in [0, 0.05) is 6.54 Å². The summed E-state index contributed by atoms with van der Waals surface area (Å²) in [6, 6.07) is 19.0. The molecule has 0 spiro atoms. The molecule has 1 aromatic heterocycles. The van der Waals surface area contributed by atoms with Gasteiger partial charge in [0.25, 0.3) is 0 Å². The van der Waals surface area contributed by atoms with E-state index in [2.05, 4.69) is 16.4 Å². The third kappa shape index (κ3) is 9.21. The zero-order chi connectivity index (χ0) is 34.6. The molecule has 0 saturated carbocycles. The summed E-state index contributed by atoms with van der Waals surface area (Å²) >= 11 is 1.57. The van der Waals surface area contributed by atoms with Crippen molar-refractivity contribution in [3.63, 3.8) is 0 Å². The van der Waals surface area contributed by atoms with E-state index < -0.39 is 53.6 Å². The standard InChI is InChI=1S/C36H40FN3O7S/c1-35(2,3)46-33(42)40-20-29(44-34(43)47-36(4,5)6)31(45-32(41)38-19-23-8-7-9-26(37)16-23)28(40)17-22-10-12-24(13-11-22)25-14-15-27-30(18-25)48-21-39-27/h7-16,18,21,28-29,31H,17,19-20H2,1-6H3,(H,38,41)/t28-,29+,31+/m1/s1. The normalized spacial score (nSPS) is 18.0. The lowest BCUT2D eigenvalue weighted by atomic mass is 9.98. The fourth-order valence-corrected chi connectivity index (χ4v) is 6.08. The van der Waals surface area contributed by atoms with Gasteiger partial charge in [0.2, 0.25) is 0 Å². The van der Waals surface area contributed by atoms with Gasteiger partial charge in [-0.1, -0.05) is 42.5 Å². The summed E-state index contributed by atoms with van der Waals surface area (Å²) in [6.07, 6.45) is -4.34. The molecule has 0 unspecified atom stereocenters. The summed E-state index contributed by atoms with van der Waals surface area (Å²) in [5, 5.41) is 2.63. The molecule has 3 aromatic carbocycles. The molecular formula is C36H40FN3O7S. The van der Waals surface area contributed by atoms with Crippen LogP contribution in [0.4, 0.5) is 18.8 Å². The second kappa shape index (κ2) is 14.2. The number of fused-ring (bicyclic) bond motifs is 1. The lowest BCUT2D eigenvalue weighted by Crippen LogP contribution is -2.46. The van der Waals surface area contributed by atoms with Gasteiger partial charge in [-0.05, 0) is 94.5 Å². The third-order valence-corrected chi connectivity index (χ3v) is 8.21. The Morgan fingerprint density at radius 1 is 0.896 bits per heavy atom. The molecule has 1 aliphatic rings. The minimum atomic E-state index is -1.09. The first kappa shape index (κ1) is 34.6. The molecule has 0 bridgehead atoms. The summed E-state index contributed by atoms with van der Waals surface area (Å²) in [6.45, 7) is 10.2. The maximum atomic E-state index is 13.7. The van der Waals surface area contributed by atoms with Crippen LogP contribution in [0.25, 0.3) is 21.3 Å². The molecule has 48 heavy (non-hydrogen) atoms. The van der Waals surface area contributed by atoms with E-state index in [-0.39, 0.29) is 19.5 Å². The summed E-state index contributed by atoms with van der Waals surface area (Å²) < 4.78 is 37.5. The van der Waals surface area contributed by atoms with Crippen molar-refractivity contribution >= 4 is 39.9 Å². The van der Waals surface area contributed by atoms with Gasteiger partial charge in [-0.25, -0.2) is 23.8 Å². The molecule has 4 aromatic rings. The minimum Gasteiger partial charge on any atom is -0.444 e. The van der Waals surface area contributed by atoms with E-state index in [1.54, 1.807) is 58.9 Å². The average molecular weight is 678 g/mol. The Hall–Kier alpha value is -4.71. The Morgan fingerprint density at radius 3 is 2.29 bits per heavy atom. The van der Waals surface area contributed by atoms with Crippen molar-refractivity contribution in [3.8, 4) is 11.1 Å². The Labute approximate surface area is 283 Å². The quantitative estimate of drug-likeness (QED) is 0.155. The van der Waals surface area contributed by atoms with Crippen LogP contribution < -0.4 is 5.32 Å². The fraction of sp³-hybridized carbons (Fsp3) is 0.389. The van der Waals surface area contributed by atoms with E-state index in [4.69, 9.17) is 18.9 Å². The van der Waals surface area contributed by atoms with E-state index >= 15 is 0 Å². The van der Waals surface area contributed by atoms with Crippen molar-refractivity contribution in [2.75, 3.05) is 6.54 Å². The van der Waals surface area contributed by atoms with Gasteiger partial charge in [0.15, 0.2) is 12.2 Å². The van der Waals surface area contributed by atoms with Crippen molar-refractivity contribution < 1.29 is 37.7 Å². The number of nitrogens with zero attached hydrogens (tertiary/aromatic N) is 2. The molecule has 1 aliphatic heterocycles. The lowest BCUT2D eigenvalue weighted by Gasteiger charge is -2.30. The van der Waals surface area contributed by atoms with Crippen molar-refractivity contribution in [2.24, 2.45) is 0 Å². The maximum Gasteiger partial charge on any atom is 0.509 e. The molecule has 0 radical (unpaired) electrons. The van der Waals surface area contributed by atoms with Crippen LogP contribution in [-0.4, -0.2) is 64.2 Å². The fourth-order valence-electron chi connectivity index (χ4n) is 5.37. The van der Waals surface area contributed by atoms with Crippen LogP contribution in [0.5, 0.6) is 0 Å². The molecule has 10 nitrogen and oxygen atoms in total. The van der Waals surface area contributed by atoms with Gasteiger partial charge in [0.05, 0.1) is 28.3 Å². The van der Waals surface area contributed by atoms with E-state index in [1.807, 2.05) is 41.9 Å². The smallest absolute Gasteiger partial charge is 0.444 e. The molecule has 0 aliphatic carbocycles. The van der Waals surface area contributed by atoms with Crippen LogP contribution in [-0.2, 0) is 31.9 Å². The molecule has 2 amide bonds. The predicted octanol–water partition coefficient (Wildman–Crippen LogP) is 7.88. The third-order valence-electron chi connectivity index (χ3n) is 7.42. The number of hydrogen-bond donors (Lipinski definition) is 1. The monoisotopic (exact) mass is 677 g/mol. The van der Waals surface area contributed by atoms with Gasteiger partial charge < -0.3 is 24.3 Å². The summed E-state index contributed by atoms with van der Waals surface area (Å²) in [5.74, 6) is -0.438. The molecule has 254 valence electrons. The first-order valence-electron chi connectivity index (χ1n) is 15.6. The van der Waals surface area contributed by atoms with Gasteiger partial charge in [0.1, 0.15) is 17.0 Å². The predicted molar refractivity (Wildman–Crippen MR) is 180 cm³/mol. The molecule has 1 fully saturated rings. The van der Waals surface area contributed by atoms with E-state index in [1.165, 1.54) is 23.1 Å². The number of benzene rings is 3. The van der Waals surface area contributed by atoms with Crippen molar-refractivity contribution in [1.29, 1.82) is 0 Å². The number of likely N-dealkylation sites (tertiary alicyclic amines) is 1. The number of halogens is 1. The average Bonchev–Trinajstić information content (AvgIpc) is 3.59. The molecule has 1 N–H and O–H groups in total. The van der Waals surface area contributed by atoms with Crippen LogP contribution >= 0.6 is 11.3 Å². The van der Waals surface area contributed by atoms with Gasteiger partial charge in [-0.15, -0.1) is 11.3 Å². The van der Waals surface area contributed by atoms with Crippen molar-refractivity contribution in [2.45, 2.75) is 84.0 Å². The molecule has 5 rings (SSSR count). The number of alkyl carbamates (subject to hydrolysis) is 1. The highest BCUT2D eigenvalue weighted by atomic mass is 32.1. The van der Waals surface area contributed by atoms with Crippen LogP contribution in [0.15, 0.2) is 72.2 Å². The number of carbonyl (C=O) groups is 3. The van der Waals surface area contributed by atoms with E-state index in [0.717, 1.165) is 26.9 Å². The highest BCUT2D eigenvalue weighted by Crippen LogP contribution is 2.31. The van der Waals surface area contributed by atoms with Crippen LogP contribution in [0.2, 0.25) is 0 Å². The highest BCUT2D eigenvalue weighted by molar-refractivity contribution is 7.16. The summed E-state index contributed by atoms with van der Waals surface area (Å²) in [5.41, 5.74) is 4.52. The number of hydrogen-bond acceptors (Lipinski definition) is 9. The number of nitrogens with one attached hydrogen (secondary N) is 1. The maximum absolute atomic E-state index is 13.7. The zero-order valence-corrected chi connectivity index (χ0v) is 28.6. The second-order valence-corrected chi connectivity index (χ2v) is 14.5. The Morgan fingerprint density at radius 2 is 1.60 bits per heavy atom. The van der Waals surface area contributed by atoms with Gasteiger partial charge in [-0.3, -0.25) is 4.90 Å². The molecule has 1 saturated heterocycles. The van der Waals surface area contributed by atoms with E-state index in [9.17, 15) is 18.8 Å². The summed E-state index contributed by atoms with van der Waals surface area (Å²) in [4.78, 5) is 45.3. The molecule has 3 atom stereocenters. The topological polar surface area (TPSA) is 116 Å². The summed E-state index contributed by atoms with van der Waals surface area (Å²) in [7, 11) is 0. The van der Waals surface area contributed by atoms with Crippen LogP contribution in [0.3, 0.4) is 0 Å². The first-order chi connectivity index (χ1) is 22.6. The van der Waals surface area contributed by atoms with Crippen molar-refractivity contribution in [1.82, 2.24) is 15.2 Å². The number of rotatable bonds is 7.